The number of amides is 1. The highest BCUT2D eigenvalue weighted by Gasteiger charge is 2.45. The fourth-order valence-electron chi connectivity index (χ4n) is 4.34. The molecule has 28 heavy (non-hydrogen) atoms. The fraction of sp³-hybridized carbons (Fsp3) is 0.571. The van der Waals surface area contributed by atoms with Gasteiger partial charge < -0.3 is 9.64 Å². The standard InChI is InChI=1S/C21H28N4O2S/c1-16(2)10-25-14-21(9-20(25)26)13-24(7-8-27-15-21)11-17-3-5-18(6-4-17)19-12-28-23-22-19/h3-6,12,16H,7-11,13-15H2,1-2H3. The van der Waals surface area contributed by atoms with Crippen molar-refractivity contribution in [1.29, 1.82) is 0 Å². The summed E-state index contributed by atoms with van der Waals surface area (Å²) in [5, 5.41) is 6.10. The summed E-state index contributed by atoms with van der Waals surface area (Å²) in [6, 6.07) is 8.55. The second kappa shape index (κ2) is 8.27. The lowest BCUT2D eigenvalue weighted by molar-refractivity contribution is -0.128. The molecule has 1 atom stereocenters. The van der Waals surface area contributed by atoms with Crippen LogP contribution in [-0.4, -0.2) is 64.7 Å². The molecule has 1 aromatic heterocycles. The number of rotatable bonds is 5. The van der Waals surface area contributed by atoms with Crippen LogP contribution in [0, 0.1) is 11.3 Å². The molecule has 0 N–H and O–H groups in total. The summed E-state index contributed by atoms with van der Waals surface area (Å²) < 4.78 is 9.87. The zero-order valence-electron chi connectivity index (χ0n) is 16.6. The zero-order chi connectivity index (χ0) is 19.6. The van der Waals surface area contributed by atoms with E-state index in [1.54, 1.807) is 0 Å². The summed E-state index contributed by atoms with van der Waals surface area (Å²) in [4.78, 5) is 17.0. The molecule has 0 bridgehead atoms. The van der Waals surface area contributed by atoms with Crippen LogP contribution in [0.4, 0.5) is 0 Å². The normalized spacial score (nSPS) is 23.7. The van der Waals surface area contributed by atoms with E-state index in [0.717, 1.165) is 50.6 Å². The summed E-state index contributed by atoms with van der Waals surface area (Å²) in [7, 11) is 0. The SMILES string of the molecule is CC(C)CN1CC2(COCCN(Cc3ccc(-c4csnn4)cc3)C2)CC1=O. The fourth-order valence-corrected chi connectivity index (χ4v) is 4.80. The first-order valence-electron chi connectivity index (χ1n) is 9.97. The van der Waals surface area contributed by atoms with E-state index in [9.17, 15) is 4.79 Å². The predicted molar refractivity (Wildman–Crippen MR) is 110 cm³/mol. The number of benzene rings is 1. The number of carbonyl (C=O) groups excluding carboxylic acids is 1. The van der Waals surface area contributed by atoms with Gasteiger partial charge in [-0.3, -0.25) is 9.69 Å². The number of aromatic nitrogens is 2. The van der Waals surface area contributed by atoms with Gasteiger partial charge in [0.25, 0.3) is 0 Å². The van der Waals surface area contributed by atoms with E-state index >= 15 is 0 Å². The van der Waals surface area contributed by atoms with Crippen molar-refractivity contribution in [3.8, 4) is 11.3 Å². The molecule has 3 heterocycles. The molecule has 150 valence electrons. The number of hydrogen-bond donors (Lipinski definition) is 0. The number of likely N-dealkylation sites (tertiary alicyclic amines) is 1. The Morgan fingerprint density at radius 2 is 2.07 bits per heavy atom. The number of hydrogen-bond acceptors (Lipinski definition) is 6. The molecule has 2 aromatic rings. The van der Waals surface area contributed by atoms with Crippen molar-refractivity contribution in [2.75, 3.05) is 39.4 Å². The summed E-state index contributed by atoms with van der Waals surface area (Å²) >= 11 is 1.37. The van der Waals surface area contributed by atoms with Gasteiger partial charge in [0.1, 0.15) is 5.69 Å². The lowest BCUT2D eigenvalue weighted by Crippen LogP contribution is -2.41. The van der Waals surface area contributed by atoms with E-state index < -0.39 is 0 Å². The Balaban J connectivity index is 1.43. The van der Waals surface area contributed by atoms with Crippen molar-refractivity contribution in [2.45, 2.75) is 26.8 Å². The Morgan fingerprint density at radius 3 is 2.79 bits per heavy atom. The lowest BCUT2D eigenvalue weighted by atomic mass is 9.87. The maximum Gasteiger partial charge on any atom is 0.223 e. The van der Waals surface area contributed by atoms with Crippen molar-refractivity contribution in [1.82, 2.24) is 19.4 Å². The van der Waals surface area contributed by atoms with Gasteiger partial charge in [0.15, 0.2) is 0 Å². The molecular formula is C21H28N4O2S. The van der Waals surface area contributed by atoms with E-state index in [4.69, 9.17) is 4.74 Å². The number of nitrogens with zero attached hydrogens (tertiary/aromatic N) is 4. The van der Waals surface area contributed by atoms with Gasteiger partial charge in [0.05, 0.1) is 13.2 Å². The second-order valence-electron chi connectivity index (χ2n) is 8.60. The topological polar surface area (TPSA) is 58.6 Å². The first-order valence-corrected chi connectivity index (χ1v) is 10.8. The zero-order valence-corrected chi connectivity index (χ0v) is 17.5. The van der Waals surface area contributed by atoms with Crippen LogP contribution >= 0.6 is 11.5 Å². The Morgan fingerprint density at radius 1 is 1.25 bits per heavy atom. The average molecular weight is 401 g/mol. The molecule has 0 saturated carbocycles. The van der Waals surface area contributed by atoms with Gasteiger partial charge in [-0.2, -0.15) is 0 Å². The van der Waals surface area contributed by atoms with Gasteiger partial charge >= 0.3 is 0 Å². The van der Waals surface area contributed by atoms with E-state index in [0.29, 0.717) is 18.9 Å². The van der Waals surface area contributed by atoms with E-state index in [1.807, 2.05) is 10.3 Å². The Labute approximate surface area is 170 Å². The molecule has 2 fully saturated rings. The van der Waals surface area contributed by atoms with Crippen molar-refractivity contribution in [3.05, 3.63) is 35.2 Å². The molecule has 6 nitrogen and oxygen atoms in total. The van der Waals surface area contributed by atoms with Gasteiger partial charge in [0.2, 0.25) is 5.91 Å². The van der Waals surface area contributed by atoms with Gasteiger partial charge in [0, 0.05) is 55.5 Å². The summed E-state index contributed by atoms with van der Waals surface area (Å²) in [6.45, 7) is 10.1. The molecule has 1 spiro atoms. The maximum atomic E-state index is 12.6. The summed E-state index contributed by atoms with van der Waals surface area (Å²) in [5.41, 5.74) is 3.22. The minimum atomic E-state index is -0.0747. The summed E-state index contributed by atoms with van der Waals surface area (Å²) in [6.07, 6.45) is 0.603. The van der Waals surface area contributed by atoms with Crippen LogP contribution < -0.4 is 0 Å². The third-order valence-corrected chi connectivity index (χ3v) is 6.03. The van der Waals surface area contributed by atoms with Gasteiger partial charge in [-0.05, 0) is 23.0 Å². The first-order chi connectivity index (χ1) is 13.5. The largest absolute Gasteiger partial charge is 0.379 e. The Bertz CT molecular complexity index is 793. The maximum absolute atomic E-state index is 12.6. The minimum absolute atomic E-state index is 0.0747. The first kappa shape index (κ1) is 19.5. The van der Waals surface area contributed by atoms with E-state index in [1.165, 1.54) is 17.1 Å². The molecule has 1 aromatic carbocycles. The molecule has 2 aliphatic heterocycles. The third kappa shape index (κ3) is 4.42. The van der Waals surface area contributed by atoms with Crippen LogP contribution in [0.5, 0.6) is 0 Å². The van der Waals surface area contributed by atoms with Crippen LogP contribution in [0.2, 0.25) is 0 Å². The number of ether oxygens (including phenoxy) is 1. The Kier molecular flexibility index (Phi) is 5.75. The van der Waals surface area contributed by atoms with Crippen LogP contribution in [0.25, 0.3) is 11.3 Å². The van der Waals surface area contributed by atoms with Crippen molar-refractivity contribution < 1.29 is 9.53 Å². The lowest BCUT2D eigenvalue weighted by Gasteiger charge is -2.31. The smallest absolute Gasteiger partial charge is 0.223 e. The Hall–Kier alpha value is -1.83. The van der Waals surface area contributed by atoms with E-state index in [-0.39, 0.29) is 11.3 Å². The molecule has 0 radical (unpaired) electrons. The predicted octanol–water partition coefficient (Wildman–Crippen LogP) is 2.91. The minimum Gasteiger partial charge on any atom is -0.379 e. The summed E-state index contributed by atoms with van der Waals surface area (Å²) in [5.74, 6) is 0.772. The second-order valence-corrected chi connectivity index (χ2v) is 9.21. The van der Waals surface area contributed by atoms with Crippen LogP contribution in [0.3, 0.4) is 0 Å². The molecule has 7 heteroatoms. The van der Waals surface area contributed by atoms with Crippen LogP contribution in [0.1, 0.15) is 25.8 Å². The van der Waals surface area contributed by atoms with Crippen molar-refractivity contribution in [2.24, 2.45) is 11.3 Å². The highest BCUT2D eigenvalue weighted by Crippen LogP contribution is 2.35. The van der Waals surface area contributed by atoms with Gasteiger partial charge in [-0.25, -0.2) is 0 Å². The van der Waals surface area contributed by atoms with Crippen LogP contribution in [0.15, 0.2) is 29.6 Å². The molecule has 2 saturated heterocycles. The van der Waals surface area contributed by atoms with E-state index in [2.05, 4.69) is 52.6 Å². The molecule has 4 rings (SSSR count). The quantitative estimate of drug-likeness (QED) is 0.772. The molecule has 1 amide bonds. The van der Waals surface area contributed by atoms with Crippen LogP contribution in [-0.2, 0) is 16.1 Å². The van der Waals surface area contributed by atoms with Gasteiger partial charge in [-0.1, -0.05) is 42.6 Å². The van der Waals surface area contributed by atoms with Gasteiger partial charge in [-0.15, -0.1) is 5.10 Å². The highest BCUT2D eigenvalue weighted by atomic mass is 32.1. The molecular weight excluding hydrogens is 372 g/mol. The average Bonchev–Trinajstić information content (AvgIpc) is 3.23. The molecule has 2 aliphatic rings. The van der Waals surface area contributed by atoms with Crippen molar-refractivity contribution in [3.63, 3.8) is 0 Å². The van der Waals surface area contributed by atoms with Crippen molar-refractivity contribution >= 4 is 17.4 Å². The number of carbonyl (C=O) groups is 1. The molecule has 0 aliphatic carbocycles. The molecule has 1 unspecified atom stereocenters. The highest BCUT2D eigenvalue weighted by molar-refractivity contribution is 7.03. The monoisotopic (exact) mass is 400 g/mol. The third-order valence-electron chi connectivity index (χ3n) is 5.53.